The van der Waals surface area contributed by atoms with Crippen LogP contribution in [-0.2, 0) is 6.54 Å². The second-order valence-corrected chi connectivity index (χ2v) is 6.52. The van der Waals surface area contributed by atoms with Crippen LogP contribution in [0.25, 0.3) is 0 Å². The van der Waals surface area contributed by atoms with E-state index in [9.17, 15) is 0 Å². The number of hydrogen-bond donors (Lipinski definition) is 1. The van der Waals surface area contributed by atoms with E-state index >= 15 is 0 Å². The molecule has 3 heteroatoms. The second kappa shape index (κ2) is 5.24. The number of benzene rings is 1. The van der Waals surface area contributed by atoms with E-state index in [4.69, 9.17) is 5.73 Å². The molecule has 2 atom stereocenters. The Morgan fingerprint density at radius 2 is 1.78 bits per heavy atom. The Kier molecular flexibility index (Phi) is 3.64. The van der Waals surface area contributed by atoms with Crippen LogP contribution in [0.2, 0.25) is 0 Å². The molecule has 98 valence electrons. The van der Waals surface area contributed by atoms with Gasteiger partial charge in [-0.05, 0) is 49.6 Å². The fourth-order valence-electron chi connectivity index (χ4n) is 3.52. The van der Waals surface area contributed by atoms with Crippen LogP contribution in [0.1, 0.15) is 31.2 Å². The minimum atomic E-state index is 0.442. The van der Waals surface area contributed by atoms with Gasteiger partial charge in [0.05, 0.1) is 0 Å². The first-order chi connectivity index (χ1) is 8.76. The minimum absolute atomic E-state index is 0.442. The van der Waals surface area contributed by atoms with E-state index in [1.807, 2.05) is 11.8 Å². The first-order valence-corrected chi connectivity index (χ1v) is 8.13. The summed E-state index contributed by atoms with van der Waals surface area (Å²) in [6, 6.07) is 10.9. The summed E-state index contributed by atoms with van der Waals surface area (Å²) < 4.78 is 0. The molecule has 0 saturated carbocycles. The Balaban J connectivity index is 1.69. The van der Waals surface area contributed by atoms with E-state index < -0.39 is 0 Å². The topological polar surface area (TPSA) is 29.3 Å². The fraction of sp³-hybridized carbons (Fsp3) is 0.600. The van der Waals surface area contributed by atoms with Gasteiger partial charge in [-0.15, -0.1) is 11.8 Å². The van der Waals surface area contributed by atoms with Crippen LogP contribution in [0.15, 0.2) is 29.2 Å². The minimum Gasteiger partial charge on any atom is -0.328 e. The molecule has 2 unspecified atom stereocenters. The van der Waals surface area contributed by atoms with Gasteiger partial charge < -0.3 is 5.73 Å². The van der Waals surface area contributed by atoms with E-state index in [0.717, 1.165) is 18.6 Å². The lowest BCUT2D eigenvalue weighted by atomic mass is 9.97. The van der Waals surface area contributed by atoms with Crippen molar-refractivity contribution in [2.75, 3.05) is 6.26 Å². The van der Waals surface area contributed by atoms with Gasteiger partial charge in [-0.3, -0.25) is 4.90 Å². The summed E-state index contributed by atoms with van der Waals surface area (Å²) in [5.74, 6) is 0. The van der Waals surface area contributed by atoms with Crippen LogP contribution >= 0.6 is 11.8 Å². The normalized spacial score (nSPS) is 31.8. The van der Waals surface area contributed by atoms with Crippen LogP contribution < -0.4 is 5.73 Å². The predicted molar refractivity (Wildman–Crippen MR) is 77.8 cm³/mol. The zero-order valence-corrected chi connectivity index (χ0v) is 11.8. The summed E-state index contributed by atoms with van der Waals surface area (Å²) in [6.07, 6.45) is 7.21. The highest BCUT2D eigenvalue weighted by molar-refractivity contribution is 7.98. The maximum Gasteiger partial charge on any atom is 0.0239 e. The van der Waals surface area contributed by atoms with Crippen LogP contribution in [0, 0.1) is 0 Å². The van der Waals surface area contributed by atoms with Gasteiger partial charge in [0.15, 0.2) is 0 Å². The molecular formula is C15H22N2S. The zero-order valence-electron chi connectivity index (χ0n) is 11.0. The lowest BCUT2D eigenvalue weighted by Gasteiger charge is -2.37. The van der Waals surface area contributed by atoms with Crippen LogP contribution in [-0.4, -0.2) is 29.3 Å². The largest absolute Gasteiger partial charge is 0.328 e. The van der Waals surface area contributed by atoms with Gasteiger partial charge in [-0.2, -0.15) is 0 Å². The average molecular weight is 262 g/mol. The summed E-state index contributed by atoms with van der Waals surface area (Å²) >= 11 is 1.81. The van der Waals surface area contributed by atoms with Crippen molar-refractivity contribution >= 4 is 11.8 Å². The first-order valence-electron chi connectivity index (χ1n) is 6.90. The SMILES string of the molecule is CSc1ccc(CN2C3CCC2CC(N)C3)cc1. The van der Waals surface area contributed by atoms with Crippen molar-refractivity contribution in [3.8, 4) is 0 Å². The van der Waals surface area contributed by atoms with Gasteiger partial charge in [0.25, 0.3) is 0 Å². The van der Waals surface area contributed by atoms with Crippen LogP contribution in [0.4, 0.5) is 0 Å². The molecule has 2 N–H and O–H groups in total. The molecule has 1 aromatic carbocycles. The van der Waals surface area contributed by atoms with Crippen molar-refractivity contribution in [3.05, 3.63) is 29.8 Å². The van der Waals surface area contributed by atoms with E-state index in [-0.39, 0.29) is 0 Å². The standard InChI is InChI=1S/C15H22N2S/c1-18-15-6-2-11(3-7-15)10-17-13-4-5-14(17)9-12(16)8-13/h2-3,6-7,12-14H,4-5,8-10,16H2,1H3. The smallest absolute Gasteiger partial charge is 0.0239 e. The second-order valence-electron chi connectivity index (χ2n) is 5.64. The molecule has 1 aromatic rings. The third kappa shape index (κ3) is 2.44. The molecule has 0 aromatic heterocycles. The highest BCUT2D eigenvalue weighted by Gasteiger charge is 2.39. The van der Waals surface area contributed by atoms with Gasteiger partial charge in [-0.25, -0.2) is 0 Å². The summed E-state index contributed by atoms with van der Waals surface area (Å²) in [6.45, 7) is 1.11. The monoisotopic (exact) mass is 262 g/mol. The van der Waals surface area contributed by atoms with Crippen LogP contribution in [0.3, 0.4) is 0 Å². The molecule has 3 rings (SSSR count). The molecule has 2 fully saturated rings. The summed E-state index contributed by atoms with van der Waals surface area (Å²) in [5.41, 5.74) is 7.56. The number of thioether (sulfide) groups is 1. The highest BCUT2D eigenvalue weighted by atomic mass is 32.2. The molecule has 2 bridgehead atoms. The van der Waals surface area contributed by atoms with Crippen molar-refractivity contribution in [2.45, 2.75) is 55.2 Å². The fourth-order valence-corrected chi connectivity index (χ4v) is 3.92. The molecule has 0 spiro atoms. The zero-order chi connectivity index (χ0) is 12.5. The molecule has 18 heavy (non-hydrogen) atoms. The van der Waals surface area contributed by atoms with Gasteiger partial charge in [0, 0.05) is 29.6 Å². The third-order valence-corrected chi connectivity index (χ3v) is 5.19. The summed E-state index contributed by atoms with van der Waals surface area (Å²) in [7, 11) is 0. The maximum atomic E-state index is 6.12. The van der Waals surface area contributed by atoms with Gasteiger partial charge in [0.1, 0.15) is 0 Å². The van der Waals surface area contributed by atoms with Gasteiger partial charge in [0.2, 0.25) is 0 Å². The average Bonchev–Trinajstić information content (AvgIpc) is 2.62. The lowest BCUT2D eigenvalue weighted by molar-refractivity contribution is 0.120. The van der Waals surface area contributed by atoms with Crippen molar-refractivity contribution in [2.24, 2.45) is 5.73 Å². The Morgan fingerprint density at radius 3 is 2.33 bits per heavy atom. The Bertz CT molecular complexity index is 389. The van der Waals surface area contributed by atoms with Crippen molar-refractivity contribution in [3.63, 3.8) is 0 Å². The van der Waals surface area contributed by atoms with Gasteiger partial charge in [-0.1, -0.05) is 12.1 Å². The number of fused-ring (bicyclic) bond motifs is 2. The van der Waals surface area contributed by atoms with Gasteiger partial charge >= 0.3 is 0 Å². The lowest BCUT2D eigenvalue weighted by Crippen LogP contribution is -2.46. The molecule has 2 saturated heterocycles. The summed E-state index contributed by atoms with van der Waals surface area (Å²) in [4.78, 5) is 4.04. The van der Waals surface area contributed by atoms with Crippen LogP contribution in [0.5, 0.6) is 0 Å². The van der Waals surface area contributed by atoms with Crippen molar-refractivity contribution in [1.29, 1.82) is 0 Å². The van der Waals surface area contributed by atoms with E-state index in [0.29, 0.717) is 6.04 Å². The summed E-state index contributed by atoms with van der Waals surface area (Å²) in [5, 5.41) is 0. The maximum absolute atomic E-state index is 6.12. The van der Waals surface area contributed by atoms with Crippen molar-refractivity contribution in [1.82, 2.24) is 4.90 Å². The third-order valence-electron chi connectivity index (χ3n) is 4.45. The quantitative estimate of drug-likeness (QED) is 0.849. The molecule has 2 aliphatic heterocycles. The highest BCUT2D eigenvalue weighted by Crippen LogP contribution is 2.36. The molecule has 2 nitrogen and oxygen atoms in total. The van der Waals surface area contributed by atoms with E-state index in [1.54, 1.807) is 0 Å². The molecule has 2 heterocycles. The molecule has 0 amide bonds. The number of rotatable bonds is 3. The Labute approximate surface area is 114 Å². The molecule has 0 radical (unpaired) electrons. The predicted octanol–water partition coefficient (Wildman–Crippen LogP) is 2.86. The number of hydrogen-bond acceptors (Lipinski definition) is 3. The molecular weight excluding hydrogens is 240 g/mol. The first kappa shape index (κ1) is 12.5. The van der Waals surface area contributed by atoms with Crippen molar-refractivity contribution < 1.29 is 0 Å². The van der Waals surface area contributed by atoms with E-state index in [1.165, 1.54) is 36.1 Å². The Morgan fingerprint density at radius 1 is 1.17 bits per heavy atom. The number of nitrogens with zero attached hydrogens (tertiary/aromatic N) is 1. The number of nitrogens with two attached hydrogens (primary N) is 1. The Hall–Kier alpha value is -0.510. The van der Waals surface area contributed by atoms with E-state index in [2.05, 4.69) is 35.4 Å². The number of piperidine rings is 1. The molecule has 0 aliphatic carbocycles. The molecule has 2 aliphatic rings.